The van der Waals surface area contributed by atoms with E-state index < -0.39 is 17.7 Å². The van der Waals surface area contributed by atoms with Crippen molar-refractivity contribution in [1.29, 1.82) is 0 Å². The van der Waals surface area contributed by atoms with Crippen LogP contribution in [0, 0.1) is 11.6 Å². The summed E-state index contributed by atoms with van der Waals surface area (Å²) in [5.41, 5.74) is 1.18. The van der Waals surface area contributed by atoms with Gasteiger partial charge in [0.05, 0.1) is 13.5 Å². The highest BCUT2D eigenvalue weighted by Crippen LogP contribution is 2.23. The molecule has 2 aromatic carbocycles. The zero-order valence-electron chi connectivity index (χ0n) is 14.9. The summed E-state index contributed by atoms with van der Waals surface area (Å²) in [7, 11) is 3.32. The molecule has 0 fully saturated rings. The maximum absolute atomic E-state index is 13.7. The molecule has 140 valence electrons. The fraction of sp³-hybridized carbons (Fsp3) is 0.200. The van der Waals surface area contributed by atoms with E-state index in [1.165, 1.54) is 6.07 Å². The van der Waals surface area contributed by atoms with Gasteiger partial charge in [-0.3, -0.25) is 4.79 Å². The Labute approximate surface area is 155 Å². The molecule has 0 aliphatic rings. The Morgan fingerprint density at radius 1 is 1.22 bits per heavy atom. The summed E-state index contributed by atoms with van der Waals surface area (Å²) in [6.45, 7) is 0. The fourth-order valence-corrected chi connectivity index (χ4v) is 2.82. The van der Waals surface area contributed by atoms with Gasteiger partial charge in [0, 0.05) is 19.4 Å². The van der Waals surface area contributed by atoms with E-state index in [1.54, 1.807) is 49.3 Å². The van der Waals surface area contributed by atoms with Crippen molar-refractivity contribution in [3.8, 4) is 5.75 Å². The van der Waals surface area contributed by atoms with E-state index in [0.29, 0.717) is 17.1 Å². The lowest BCUT2D eigenvalue weighted by Gasteiger charge is -2.19. The van der Waals surface area contributed by atoms with Crippen LogP contribution in [0.1, 0.15) is 23.0 Å². The smallest absolute Gasteiger partial charge is 0.225 e. The number of imidazole rings is 1. The van der Waals surface area contributed by atoms with E-state index in [-0.39, 0.29) is 12.3 Å². The van der Waals surface area contributed by atoms with Gasteiger partial charge in [-0.05, 0) is 35.4 Å². The SMILES string of the molecule is COc1cccc(CC(=O)N[C@H](c2ccc(F)c(F)c2)c2nccn2C)c1. The van der Waals surface area contributed by atoms with Crippen molar-refractivity contribution < 1.29 is 18.3 Å². The van der Waals surface area contributed by atoms with E-state index in [2.05, 4.69) is 10.3 Å². The van der Waals surface area contributed by atoms with Crippen molar-refractivity contribution in [1.82, 2.24) is 14.9 Å². The van der Waals surface area contributed by atoms with E-state index in [1.807, 2.05) is 6.07 Å². The molecule has 1 aromatic heterocycles. The summed E-state index contributed by atoms with van der Waals surface area (Å²) >= 11 is 0. The highest BCUT2D eigenvalue weighted by Gasteiger charge is 2.22. The molecular weight excluding hydrogens is 352 g/mol. The van der Waals surface area contributed by atoms with Gasteiger partial charge in [0.25, 0.3) is 0 Å². The number of carbonyl (C=O) groups excluding carboxylic acids is 1. The van der Waals surface area contributed by atoms with E-state index >= 15 is 0 Å². The molecule has 5 nitrogen and oxygen atoms in total. The number of methoxy groups -OCH3 is 1. The minimum Gasteiger partial charge on any atom is -0.497 e. The standard InChI is InChI=1S/C20H19F2N3O2/c1-25-9-8-23-20(25)19(14-6-7-16(21)17(22)12-14)24-18(26)11-13-4-3-5-15(10-13)27-2/h3-10,12,19H,11H2,1-2H3,(H,24,26)/t19-/m1/s1. The van der Waals surface area contributed by atoms with Crippen LogP contribution in [-0.2, 0) is 18.3 Å². The van der Waals surface area contributed by atoms with Crippen molar-refractivity contribution in [2.75, 3.05) is 7.11 Å². The highest BCUT2D eigenvalue weighted by atomic mass is 19.2. The number of amides is 1. The molecule has 3 rings (SSSR count). The Kier molecular flexibility index (Phi) is 5.49. The molecule has 1 N–H and O–H groups in total. The Bertz CT molecular complexity index is 956. The molecule has 1 amide bonds. The number of halogens is 2. The Hall–Kier alpha value is -3.22. The molecule has 1 atom stereocenters. The summed E-state index contributed by atoms with van der Waals surface area (Å²) in [6.07, 6.45) is 3.41. The molecule has 0 aliphatic heterocycles. The quantitative estimate of drug-likeness (QED) is 0.724. The third kappa shape index (κ3) is 4.31. The van der Waals surface area contributed by atoms with Gasteiger partial charge in [0.2, 0.25) is 5.91 Å². The molecule has 27 heavy (non-hydrogen) atoms. The van der Waals surface area contributed by atoms with E-state index in [9.17, 15) is 13.6 Å². The largest absolute Gasteiger partial charge is 0.497 e. The van der Waals surface area contributed by atoms with Gasteiger partial charge >= 0.3 is 0 Å². The number of aromatic nitrogens is 2. The number of ether oxygens (including phenoxy) is 1. The van der Waals surface area contributed by atoms with Crippen LogP contribution in [0.15, 0.2) is 54.9 Å². The molecular formula is C20H19F2N3O2. The number of carbonyl (C=O) groups is 1. The second-order valence-electron chi connectivity index (χ2n) is 6.10. The second-order valence-corrected chi connectivity index (χ2v) is 6.10. The van der Waals surface area contributed by atoms with Gasteiger partial charge in [-0.2, -0.15) is 0 Å². The number of hydrogen-bond acceptors (Lipinski definition) is 3. The molecule has 0 unspecified atom stereocenters. The van der Waals surface area contributed by atoms with Crippen LogP contribution in [0.2, 0.25) is 0 Å². The topological polar surface area (TPSA) is 56.1 Å². The molecule has 0 radical (unpaired) electrons. The summed E-state index contributed by atoms with van der Waals surface area (Å²) in [5.74, 6) is -1.03. The van der Waals surface area contributed by atoms with E-state index in [0.717, 1.165) is 17.7 Å². The first kappa shape index (κ1) is 18.6. The number of hydrogen-bond donors (Lipinski definition) is 1. The minimum atomic E-state index is -0.978. The van der Waals surface area contributed by atoms with Crippen LogP contribution in [0.3, 0.4) is 0 Å². The van der Waals surface area contributed by atoms with Gasteiger partial charge in [0.1, 0.15) is 17.6 Å². The highest BCUT2D eigenvalue weighted by molar-refractivity contribution is 5.79. The predicted molar refractivity (Wildman–Crippen MR) is 96.2 cm³/mol. The molecule has 0 saturated heterocycles. The summed E-state index contributed by atoms with van der Waals surface area (Å²) in [4.78, 5) is 16.8. The summed E-state index contributed by atoms with van der Waals surface area (Å²) in [6, 6.07) is 10.0. The van der Waals surface area contributed by atoms with Crippen molar-refractivity contribution >= 4 is 5.91 Å². The van der Waals surface area contributed by atoms with Gasteiger partial charge < -0.3 is 14.6 Å². The Balaban J connectivity index is 1.86. The van der Waals surface area contributed by atoms with Gasteiger partial charge in [-0.15, -0.1) is 0 Å². The summed E-state index contributed by atoms with van der Waals surface area (Å²) in [5, 5.41) is 2.86. The minimum absolute atomic E-state index is 0.113. The average Bonchev–Trinajstić information content (AvgIpc) is 3.08. The average molecular weight is 371 g/mol. The Morgan fingerprint density at radius 2 is 2.04 bits per heavy atom. The number of aryl methyl sites for hydroxylation is 1. The van der Waals surface area contributed by atoms with Crippen molar-refractivity contribution in [3.63, 3.8) is 0 Å². The van der Waals surface area contributed by atoms with Gasteiger partial charge in [0.15, 0.2) is 11.6 Å². The molecule has 0 bridgehead atoms. The number of nitrogens with zero attached hydrogens (tertiary/aromatic N) is 2. The molecule has 3 aromatic rings. The van der Waals surface area contributed by atoms with Crippen molar-refractivity contribution in [3.05, 3.63) is 83.4 Å². The first-order valence-electron chi connectivity index (χ1n) is 8.32. The number of nitrogens with one attached hydrogen (secondary N) is 1. The van der Waals surface area contributed by atoms with Crippen molar-refractivity contribution in [2.24, 2.45) is 7.05 Å². The predicted octanol–water partition coefficient (Wildman–Crippen LogP) is 3.16. The van der Waals surface area contributed by atoms with Crippen LogP contribution in [0.4, 0.5) is 8.78 Å². The summed E-state index contributed by atoms with van der Waals surface area (Å²) < 4.78 is 33.9. The van der Waals surface area contributed by atoms with E-state index in [4.69, 9.17) is 4.74 Å². The van der Waals surface area contributed by atoms with Crippen LogP contribution < -0.4 is 10.1 Å². The third-order valence-electron chi connectivity index (χ3n) is 4.20. The second kappa shape index (κ2) is 7.99. The molecule has 0 saturated carbocycles. The maximum atomic E-state index is 13.7. The lowest BCUT2D eigenvalue weighted by Crippen LogP contribution is -2.32. The molecule has 0 aliphatic carbocycles. The zero-order chi connectivity index (χ0) is 19.4. The van der Waals surface area contributed by atoms with Crippen LogP contribution in [0.25, 0.3) is 0 Å². The fourth-order valence-electron chi connectivity index (χ4n) is 2.82. The first-order chi connectivity index (χ1) is 13.0. The first-order valence-corrected chi connectivity index (χ1v) is 8.32. The number of benzene rings is 2. The van der Waals surface area contributed by atoms with Crippen molar-refractivity contribution in [2.45, 2.75) is 12.5 Å². The van der Waals surface area contributed by atoms with Crippen LogP contribution in [0.5, 0.6) is 5.75 Å². The molecule has 1 heterocycles. The maximum Gasteiger partial charge on any atom is 0.225 e. The van der Waals surface area contributed by atoms with Gasteiger partial charge in [-0.1, -0.05) is 18.2 Å². The molecule has 7 heteroatoms. The molecule has 0 spiro atoms. The van der Waals surface area contributed by atoms with Crippen LogP contribution in [-0.4, -0.2) is 22.6 Å². The monoisotopic (exact) mass is 371 g/mol. The third-order valence-corrected chi connectivity index (χ3v) is 4.20. The lowest BCUT2D eigenvalue weighted by atomic mass is 10.0. The lowest BCUT2D eigenvalue weighted by molar-refractivity contribution is -0.121. The van der Waals surface area contributed by atoms with Gasteiger partial charge in [-0.25, -0.2) is 13.8 Å². The number of rotatable bonds is 6. The van der Waals surface area contributed by atoms with Crippen LogP contribution >= 0.6 is 0 Å². The normalized spacial score (nSPS) is 11.9. The zero-order valence-corrected chi connectivity index (χ0v) is 14.9. The Morgan fingerprint density at radius 3 is 2.70 bits per heavy atom.